The number of hydrogen-bond acceptors (Lipinski definition) is 3. The minimum atomic E-state index is -0.780. The zero-order valence-electron chi connectivity index (χ0n) is 10.3. The molecule has 0 aromatic rings. The van der Waals surface area contributed by atoms with E-state index < -0.39 is 5.97 Å². The number of rotatable bonds is 6. The first-order valence-corrected chi connectivity index (χ1v) is 6.13. The summed E-state index contributed by atoms with van der Waals surface area (Å²) in [6.45, 7) is 8.13. The molecule has 94 valence electrons. The maximum Gasteiger partial charge on any atom is 0.305 e. The third kappa shape index (κ3) is 5.47. The van der Waals surface area contributed by atoms with E-state index in [4.69, 9.17) is 9.84 Å². The molecule has 0 radical (unpaired) electrons. The number of nitrogens with zero attached hydrogens (tertiary/aromatic N) is 1. The second-order valence-electron chi connectivity index (χ2n) is 4.91. The standard InChI is InChI=1S/C12H23NO3/c1-10(2)9-13-6-3-11(4-7-13)16-8-5-12(14)15/h10-11H,3-9H2,1-2H3,(H,14,15). The Balaban J connectivity index is 2.09. The molecule has 0 atom stereocenters. The van der Waals surface area contributed by atoms with E-state index in [9.17, 15) is 4.79 Å². The molecule has 0 aromatic heterocycles. The Hall–Kier alpha value is -0.610. The maximum atomic E-state index is 10.3. The second-order valence-corrected chi connectivity index (χ2v) is 4.91. The molecular weight excluding hydrogens is 206 g/mol. The molecule has 16 heavy (non-hydrogen) atoms. The molecule has 0 spiro atoms. The fourth-order valence-electron chi connectivity index (χ4n) is 2.09. The summed E-state index contributed by atoms with van der Waals surface area (Å²) in [5.74, 6) is -0.0678. The van der Waals surface area contributed by atoms with Crippen molar-refractivity contribution in [2.24, 2.45) is 5.92 Å². The molecule has 4 heteroatoms. The highest BCUT2D eigenvalue weighted by Gasteiger charge is 2.19. The van der Waals surface area contributed by atoms with Crippen molar-refractivity contribution in [2.75, 3.05) is 26.2 Å². The average molecular weight is 229 g/mol. The van der Waals surface area contributed by atoms with Gasteiger partial charge in [-0.3, -0.25) is 4.79 Å². The Labute approximate surface area is 97.6 Å². The highest BCUT2D eigenvalue weighted by atomic mass is 16.5. The SMILES string of the molecule is CC(C)CN1CCC(OCCC(=O)O)CC1. The third-order valence-corrected chi connectivity index (χ3v) is 2.83. The van der Waals surface area contributed by atoms with Gasteiger partial charge in [-0.05, 0) is 18.8 Å². The van der Waals surface area contributed by atoms with Crippen LogP contribution in [0.2, 0.25) is 0 Å². The molecule has 0 bridgehead atoms. The highest BCUT2D eigenvalue weighted by Crippen LogP contribution is 2.15. The topological polar surface area (TPSA) is 49.8 Å². The van der Waals surface area contributed by atoms with Crippen LogP contribution < -0.4 is 0 Å². The number of carboxylic acid groups (broad SMARTS) is 1. The van der Waals surface area contributed by atoms with E-state index in [0.717, 1.165) is 32.5 Å². The van der Waals surface area contributed by atoms with E-state index in [-0.39, 0.29) is 12.5 Å². The summed E-state index contributed by atoms with van der Waals surface area (Å²) in [4.78, 5) is 12.8. The van der Waals surface area contributed by atoms with E-state index in [1.165, 1.54) is 0 Å². The zero-order valence-corrected chi connectivity index (χ0v) is 10.3. The minimum absolute atomic E-state index is 0.117. The summed E-state index contributed by atoms with van der Waals surface area (Å²) < 4.78 is 5.54. The van der Waals surface area contributed by atoms with Gasteiger partial charge < -0.3 is 14.7 Å². The summed E-state index contributed by atoms with van der Waals surface area (Å²) >= 11 is 0. The van der Waals surface area contributed by atoms with E-state index in [1.807, 2.05) is 0 Å². The number of carboxylic acids is 1. The number of carbonyl (C=O) groups is 1. The lowest BCUT2D eigenvalue weighted by atomic mass is 10.1. The van der Waals surface area contributed by atoms with Crippen LogP contribution in [0.1, 0.15) is 33.1 Å². The van der Waals surface area contributed by atoms with Gasteiger partial charge in [0.05, 0.1) is 19.1 Å². The van der Waals surface area contributed by atoms with Gasteiger partial charge in [-0.2, -0.15) is 0 Å². The van der Waals surface area contributed by atoms with Crippen LogP contribution in [-0.2, 0) is 9.53 Å². The molecule has 0 aromatic carbocycles. The predicted molar refractivity (Wildman–Crippen MR) is 62.5 cm³/mol. The fourth-order valence-corrected chi connectivity index (χ4v) is 2.09. The number of hydrogen-bond donors (Lipinski definition) is 1. The van der Waals surface area contributed by atoms with Crippen LogP contribution in [0.5, 0.6) is 0 Å². The molecule has 1 rings (SSSR count). The van der Waals surface area contributed by atoms with E-state index in [2.05, 4.69) is 18.7 Å². The van der Waals surface area contributed by atoms with Crippen LogP contribution in [0, 0.1) is 5.92 Å². The molecule has 1 aliphatic rings. The van der Waals surface area contributed by atoms with Gasteiger partial charge in [0.1, 0.15) is 0 Å². The smallest absolute Gasteiger partial charge is 0.305 e. The minimum Gasteiger partial charge on any atom is -0.481 e. The van der Waals surface area contributed by atoms with Crippen molar-refractivity contribution in [3.05, 3.63) is 0 Å². The molecule has 1 fully saturated rings. The molecule has 0 saturated carbocycles. The van der Waals surface area contributed by atoms with Crippen LogP contribution in [-0.4, -0.2) is 48.3 Å². The Morgan fingerprint density at radius 3 is 2.56 bits per heavy atom. The van der Waals surface area contributed by atoms with Gasteiger partial charge in [-0.15, -0.1) is 0 Å². The first-order valence-electron chi connectivity index (χ1n) is 6.13. The van der Waals surface area contributed by atoms with Crippen molar-refractivity contribution < 1.29 is 14.6 Å². The second kappa shape index (κ2) is 6.86. The third-order valence-electron chi connectivity index (χ3n) is 2.83. The van der Waals surface area contributed by atoms with Gasteiger partial charge in [-0.1, -0.05) is 13.8 Å². The molecule has 1 aliphatic heterocycles. The molecule has 1 heterocycles. The monoisotopic (exact) mass is 229 g/mol. The highest BCUT2D eigenvalue weighted by molar-refractivity contribution is 5.66. The predicted octanol–water partition coefficient (Wildman–Crippen LogP) is 1.60. The van der Waals surface area contributed by atoms with Crippen LogP contribution in [0.25, 0.3) is 0 Å². The lowest BCUT2D eigenvalue weighted by Crippen LogP contribution is -2.39. The maximum absolute atomic E-state index is 10.3. The normalized spacial score (nSPS) is 19.2. The van der Waals surface area contributed by atoms with Crippen molar-refractivity contribution in [3.63, 3.8) is 0 Å². The zero-order chi connectivity index (χ0) is 12.0. The van der Waals surface area contributed by atoms with Crippen molar-refractivity contribution >= 4 is 5.97 Å². The van der Waals surface area contributed by atoms with Crippen molar-refractivity contribution in [2.45, 2.75) is 39.2 Å². The fraction of sp³-hybridized carbons (Fsp3) is 0.917. The number of piperidine rings is 1. The molecule has 1 N–H and O–H groups in total. The largest absolute Gasteiger partial charge is 0.481 e. The van der Waals surface area contributed by atoms with E-state index >= 15 is 0 Å². The average Bonchev–Trinajstić information content (AvgIpc) is 2.19. The molecule has 4 nitrogen and oxygen atoms in total. The lowest BCUT2D eigenvalue weighted by molar-refractivity contribution is -0.138. The van der Waals surface area contributed by atoms with E-state index in [1.54, 1.807) is 0 Å². The van der Waals surface area contributed by atoms with Crippen molar-refractivity contribution in [1.82, 2.24) is 4.90 Å². The molecule has 0 amide bonds. The Morgan fingerprint density at radius 1 is 1.44 bits per heavy atom. The summed E-state index contributed by atoms with van der Waals surface area (Å²) in [5.41, 5.74) is 0. The van der Waals surface area contributed by atoms with Crippen LogP contribution in [0.4, 0.5) is 0 Å². The molecule has 0 unspecified atom stereocenters. The number of aliphatic carboxylic acids is 1. The number of ether oxygens (including phenoxy) is 1. The molecular formula is C12H23NO3. The Morgan fingerprint density at radius 2 is 2.06 bits per heavy atom. The first kappa shape index (κ1) is 13.5. The number of likely N-dealkylation sites (tertiary alicyclic amines) is 1. The molecule has 1 saturated heterocycles. The van der Waals surface area contributed by atoms with Crippen LogP contribution in [0.15, 0.2) is 0 Å². The Bertz CT molecular complexity index is 210. The van der Waals surface area contributed by atoms with Crippen molar-refractivity contribution in [3.8, 4) is 0 Å². The summed E-state index contributed by atoms with van der Waals surface area (Å²) in [7, 11) is 0. The van der Waals surface area contributed by atoms with Gasteiger partial charge >= 0.3 is 5.97 Å². The molecule has 0 aliphatic carbocycles. The van der Waals surface area contributed by atoms with Gasteiger partial charge in [0.15, 0.2) is 0 Å². The van der Waals surface area contributed by atoms with Crippen LogP contribution in [0.3, 0.4) is 0 Å². The summed E-state index contributed by atoms with van der Waals surface area (Å²) in [5, 5.41) is 8.50. The summed E-state index contributed by atoms with van der Waals surface area (Å²) in [6, 6.07) is 0. The lowest BCUT2D eigenvalue weighted by Gasteiger charge is -2.32. The quantitative estimate of drug-likeness (QED) is 0.751. The van der Waals surface area contributed by atoms with E-state index in [0.29, 0.717) is 12.5 Å². The van der Waals surface area contributed by atoms with Gasteiger partial charge in [0.25, 0.3) is 0 Å². The van der Waals surface area contributed by atoms with Gasteiger partial charge in [0, 0.05) is 19.6 Å². The van der Waals surface area contributed by atoms with Gasteiger partial charge in [0.2, 0.25) is 0 Å². The van der Waals surface area contributed by atoms with Crippen LogP contribution >= 0.6 is 0 Å². The Kier molecular flexibility index (Phi) is 5.77. The van der Waals surface area contributed by atoms with Crippen molar-refractivity contribution in [1.29, 1.82) is 0 Å². The first-order chi connectivity index (χ1) is 7.58. The summed E-state index contributed by atoms with van der Waals surface area (Å²) in [6.07, 6.45) is 2.45. The van der Waals surface area contributed by atoms with Gasteiger partial charge in [-0.25, -0.2) is 0 Å².